The minimum atomic E-state index is -3.80. The molecule has 0 aliphatic heterocycles. The van der Waals surface area contributed by atoms with E-state index in [2.05, 4.69) is 4.89 Å². The van der Waals surface area contributed by atoms with Crippen LogP contribution in [0.15, 0.2) is 10.3 Å². The summed E-state index contributed by atoms with van der Waals surface area (Å²) in [5, 5.41) is 8.91. The van der Waals surface area contributed by atoms with E-state index in [9.17, 15) is 13.2 Å². The molecule has 0 spiro atoms. The van der Waals surface area contributed by atoms with Crippen molar-refractivity contribution in [2.75, 3.05) is 0 Å². The average molecular weight is 305 g/mol. The molecule has 8 heteroatoms. The molecular weight excluding hydrogens is 290 g/mol. The van der Waals surface area contributed by atoms with Gasteiger partial charge in [-0.3, -0.25) is 4.84 Å². The summed E-state index contributed by atoms with van der Waals surface area (Å²) >= 11 is 0.727. The van der Waals surface area contributed by atoms with Gasteiger partial charge in [-0.05, 0) is 31.4 Å². The third-order valence-electron chi connectivity index (χ3n) is 2.98. The predicted octanol–water partition coefficient (Wildman–Crippen LogP) is 1.91. The Bertz CT molecular complexity index is 572. The highest BCUT2D eigenvalue weighted by Crippen LogP contribution is 2.26. The molecule has 0 radical (unpaired) electrons. The van der Waals surface area contributed by atoms with Crippen LogP contribution in [0.4, 0.5) is 0 Å². The molecule has 0 bridgehead atoms. The second-order valence-electron chi connectivity index (χ2n) is 4.49. The zero-order chi connectivity index (χ0) is 14.0. The summed E-state index contributed by atoms with van der Waals surface area (Å²) in [6.07, 6.45) is 3.66. The molecule has 1 heterocycles. The summed E-state index contributed by atoms with van der Waals surface area (Å²) in [5.74, 6) is -1.12. The molecule has 106 valence electrons. The lowest BCUT2D eigenvalue weighted by Crippen LogP contribution is -2.27. The van der Waals surface area contributed by atoms with Gasteiger partial charge >= 0.3 is 5.97 Å². The summed E-state index contributed by atoms with van der Waals surface area (Å²) in [7, 11) is -3.80. The quantitative estimate of drug-likeness (QED) is 0.811. The fourth-order valence-electron chi connectivity index (χ4n) is 1.98. The van der Waals surface area contributed by atoms with Crippen LogP contribution in [-0.4, -0.2) is 25.6 Å². The molecular formula is C11H15NO5S2. The van der Waals surface area contributed by atoms with Crippen LogP contribution in [-0.2, 0) is 14.9 Å². The first-order chi connectivity index (χ1) is 8.90. The molecule has 0 aromatic carbocycles. The number of nitrogens with one attached hydrogen (secondary N) is 1. The maximum Gasteiger partial charge on any atom is 0.346 e. The third-order valence-corrected chi connectivity index (χ3v) is 5.87. The number of carboxylic acid groups (broad SMARTS) is 1. The van der Waals surface area contributed by atoms with Gasteiger partial charge in [-0.1, -0.05) is 17.7 Å². The van der Waals surface area contributed by atoms with Crippen molar-refractivity contribution in [2.45, 2.75) is 42.9 Å². The largest absolute Gasteiger partial charge is 0.477 e. The first-order valence-electron chi connectivity index (χ1n) is 5.91. The van der Waals surface area contributed by atoms with Crippen LogP contribution in [0, 0.1) is 6.92 Å². The Hall–Kier alpha value is -0.960. The SMILES string of the molecule is Cc1cc(S(=O)(=O)NOC2CCCC2)sc1C(=O)O. The number of hydrogen-bond donors (Lipinski definition) is 2. The fourth-order valence-corrected chi connectivity index (χ4v) is 4.19. The molecule has 6 nitrogen and oxygen atoms in total. The Morgan fingerprint density at radius 3 is 2.63 bits per heavy atom. The topological polar surface area (TPSA) is 92.7 Å². The number of aromatic carboxylic acids is 1. The number of hydrogen-bond acceptors (Lipinski definition) is 5. The van der Waals surface area contributed by atoms with Gasteiger partial charge in [0.1, 0.15) is 9.09 Å². The molecule has 2 N–H and O–H groups in total. The van der Waals surface area contributed by atoms with Crippen LogP contribution < -0.4 is 4.89 Å². The van der Waals surface area contributed by atoms with E-state index in [0.717, 1.165) is 37.0 Å². The van der Waals surface area contributed by atoms with Gasteiger partial charge in [0.2, 0.25) is 0 Å². The van der Waals surface area contributed by atoms with Gasteiger partial charge in [0.25, 0.3) is 10.0 Å². The molecule has 0 amide bonds. The normalized spacial score (nSPS) is 16.9. The van der Waals surface area contributed by atoms with Crippen LogP contribution >= 0.6 is 11.3 Å². The van der Waals surface area contributed by atoms with Crippen molar-refractivity contribution in [1.29, 1.82) is 0 Å². The smallest absolute Gasteiger partial charge is 0.346 e. The maximum atomic E-state index is 12.0. The van der Waals surface area contributed by atoms with Crippen molar-refractivity contribution in [1.82, 2.24) is 4.89 Å². The Kier molecular flexibility index (Phi) is 4.24. The molecule has 1 aliphatic carbocycles. The van der Waals surface area contributed by atoms with Gasteiger partial charge in [-0.15, -0.1) is 11.3 Å². The number of carboxylic acids is 1. The summed E-state index contributed by atoms with van der Waals surface area (Å²) in [4.78, 5) is 18.2. The first-order valence-corrected chi connectivity index (χ1v) is 8.21. The van der Waals surface area contributed by atoms with Crippen molar-refractivity contribution in [2.24, 2.45) is 0 Å². The van der Waals surface area contributed by atoms with Crippen molar-refractivity contribution >= 4 is 27.3 Å². The lowest BCUT2D eigenvalue weighted by molar-refractivity contribution is 0.0224. The highest BCUT2D eigenvalue weighted by molar-refractivity contribution is 7.91. The molecule has 0 saturated heterocycles. The highest BCUT2D eigenvalue weighted by Gasteiger charge is 2.24. The minimum absolute atomic E-state index is 0.0289. The van der Waals surface area contributed by atoms with Crippen LogP contribution in [0.5, 0.6) is 0 Å². The van der Waals surface area contributed by atoms with E-state index < -0.39 is 16.0 Å². The zero-order valence-electron chi connectivity index (χ0n) is 10.4. The van der Waals surface area contributed by atoms with Crippen molar-refractivity contribution in [3.8, 4) is 0 Å². The highest BCUT2D eigenvalue weighted by atomic mass is 32.2. The molecule has 19 heavy (non-hydrogen) atoms. The zero-order valence-corrected chi connectivity index (χ0v) is 12.0. The Balaban J connectivity index is 2.10. The van der Waals surface area contributed by atoms with Gasteiger partial charge in [-0.25, -0.2) is 13.2 Å². The summed E-state index contributed by atoms with van der Waals surface area (Å²) < 4.78 is 23.9. The third kappa shape index (κ3) is 3.33. The number of rotatable bonds is 5. The Morgan fingerprint density at radius 1 is 1.47 bits per heavy atom. The van der Waals surface area contributed by atoms with Crippen molar-refractivity contribution < 1.29 is 23.2 Å². The standard InChI is InChI=1S/C11H15NO5S2/c1-7-6-9(18-10(7)11(13)14)19(15,16)12-17-8-4-2-3-5-8/h6,8,12H,2-5H2,1H3,(H,13,14). The lowest BCUT2D eigenvalue weighted by atomic mass is 10.3. The monoisotopic (exact) mass is 305 g/mol. The van der Waals surface area contributed by atoms with E-state index in [-0.39, 0.29) is 15.2 Å². The molecule has 1 aliphatic rings. The van der Waals surface area contributed by atoms with Gasteiger partial charge < -0.3 is 5.11 Å². The van der Waals surface area contributed by atoms with Crippen molar-refractivity contribution in [3.63, 3.8) is 0 Å². The van der Waals surface area contributed by atoms with E-state index in [0.29, 0.717) is 5.56 Å². The van der Waals surface area contributed by atoms with E-state index in [1.165, 1.54) is 6.07 Å². The lowest BCUT2D eigenvalue weighted by Gasteiger charge is -2.10. The molecule has 1 aromatic heterocycles. The number of sulfonamides is 1. The summed E-state index contributed by atoms with van der Waals surface area (Å²) in [6.45, 7) is 1.57. The molecule has 0 unspecified atom stereocenters. The maximum absolute atomic E-state index is 12.0. The van der Waals surface area contributed by atoms with Gasteiger partial charge in [0.15, 0.2) is 0 Å². The van der Waals surface area contributed by atoms with Crippen LogP contribution in [0.25, 0.3) is 0 Å². The van der Waals surface area contributed by atoms with Crippen molar-refractivity contribution in [3.05, 3.63) is 16.5 Å². The summed E-state index contributed by atoms with van der Waals surface area (Å²) in [6, 6.07) is 1.34. The first kappa shape index (κ1) is 14.4. The predicted molar refractivity (Wildman–Crippen MR) is 69.7 cm³/mol. The molecule has 0 atom stereocenters. The number of aryl methyl sites for hydroxylation is 1. The van der Waals surface area contributed by atoms with E-state index >= 15 is 0 Å². The number of thiophene rings is 1. The van der Waals surface area contributed by atoms with E-state index in [1.54, 1.807) is 6.92 Å². The Morgan fingerprint density at radius 2 is 2.11 bits per heavy atom. The van der Waals surface area contributed by atoms with Crippen LogP contribution in [0.2, 0.25) is 0 Å². The van der Waals surface area contributed by atoms with Gasteiger partial charge in [0, 0.05) is 0 Å². The molecule has 1 aromatic rings. The molecule has 2 rings (SSSR count). The fraction of sp³-hybridized carbons (Fsp3) is 0.545. The Labute approximate surface area is 115 Å². The second-order valence-corrected chi connectivity index (χ2v) is 7.42. The number of carbonyl (C=O) groups is 1. The van der Waals surface area contributed by atoms with E-state index in [4.69, 9.17) is 9.94 Å². The van der Waals surface area contributed by atoms with Crippen LogP contribution in [0.3, 0.4) is 0 Å². The van der Waals surface area contributed by atoms with Crippen LogP contribution in [0.1, 0.15) is 40.9 Å². The van der Waals surface area contributed by atoms with Gasteiger partial charge in [-0.2, -0.15) is 0 Å². The molecule has 1 saturated carbocycles. The minimum Gasteiger partial charge on any atom is -0.477 e. The van der Waals surface area contributed by atoms with Gasteiger partial charge in [0.05, 0.1) is 6.10 Å². The average Bonchev–Trinajstić information content (AvgIpc) is 2.95. The molecule has 1 fully saturated rings. The van der Waals surface area contributed by atoms with E-state index in [1.807, 2.05) is 0 Å². The summed E-state index contributed by atoms with van der Waals surface area (Å²) in [5.41, 5.74) is 0.429. The second kappa shape index (κ2) is 5.58.